The molecule has 0 aromatic heterocycles. The minimum Gasteiger partial charge on any atom is -0.465 e. The number of alkyl halides is 1. The van der Waals surface area contributed by atoms with Crippen molar-refractivity contribution in [1.82, 2.24) is 0 Å². The van der Waals surface area contributed by atoms with Crippen LogP contribution < -0.4 is 0 Å². The fourth-order valence-corrected chi connectivity index (χ4v) is 2.84. The van der Waals surface area contributed by atoms with E-state index < -0.39 is 79.3 Å². The van der Waals surface area contributed by atoms with Gasteiger partial charge in [0.05, 0.1) is 23.1 Å². The number of carbonyl (C=O) groups excluding carboxylic acids is 4. The Morgan fingerprint density at radius 3 is 1.40 bits per heavy atom. The molecule has 0 saturated carbocycles. The lowest BCUT2D eigenvalue weighted by molar-refractivity contribution is -0.390. The van der Waals surface area contributed by atoms with Crippen molar-refractivity contribution in [3.8, 4) is 0 Å². The molecule has 2 unspecified atom stereocenters. The molecule has 0 aliphatic rings. The number of ether oxygens (including phenoxy) is 2. The maximum atomic E-state index is 13.5. The van der Waals surface area contributed by atoms with Crippen molar-refractivity contribution in [3.63, 3.8) is 0 Å². The molecule has 0 N–H and O–H groups in total. The largest absolute Gasteiger partial charge is 0.465 e. The van der Waals surface area contributed by atoms with Crippen molar-refractivity contribution < 1.29 is 60.5 Å². The normalized spacial score (nSPS) is 11.4. The van der Waals surface area contributed by atoms with Gasteiger partial charge in [-0.1, -0.05) is 0 Å². The number of carbonyl (C=O) groups is 4. The van der Waals surface area contributed by atoms with Crippen LogP contribution in [0.25, 0.3) is 0 Å². The summed E-state index contributed by atoms with van der Waals surface area (Å²) in [5.41, 5.74) is -2.99. The Hall–Kier alpha value is -4.54. The van der Waals surface area contributed by atoms with E-state index in [1.165, 1.54) is 13.8 Å². The van der Waals surface area contributed by atoms with Crippen molar-refractivity contribution in [2.75, 3.05) is 13.2 Å². The Balaban J connectivity index is 0.000000652. The zero-order valence-electron chi connectivity index (χ0n) is 22.1. The van der Waals surface area contributed by atoms with Crippen LogP contribution in [0.2, 0.25) is 0 Å². The van der Waals surface area contributed by atoms with E-state index in [2.05, 4.69) is 9.47 Å². The number of hydrogen-bond donors (Lipinski definition) is 0. The zero-order valence-corrected chi connectivity index (χ0v) is 22.9. The van der Waals surface area contributed by atoms with Gasteiger partial charge in [-0.15, -0.1) is 11.6 Å². The van der Waals surface area contributed by atoms with Gasteiger partial charge in [-0.2, -0.15) is 17.6 Å². The van der Waals surface area contributed by atoms with Crippen molar-refractivity contribution in [2.45, 2.75) is 39.0 Å². The monoisotopic (exact) mass is 628 g/mol. The molecular formula is C24H22ClF5N2O10. The van der Waals surface area contributed by atoms with Gasteiger partial charge in [-0.25, -0.2) is 9.18 Å². The first-order valence-electron chi connectivity index (χ1n) is 11.3. The zero-order chi connectivity index (χ0) is 32.9. The first-order valence-corrected chi connectivity index (χ1v) is 11.7. The van der Waals surface area contributed by atoms with Crippen LogP contribution in [0.4, 0.5) is 33.3 Å². The second kappa shape index (κ2) is 17.3. The third-order valence-electron chi connectivity index (χ3n) is 4.50. The molecule has 0 amide bonds. The molecule has 2 aromatic carbocycles. The Bertz CT molecular complexity index is 1310. The van der Waals surface area contributed by atoms with Crippen molar-refractivity contribution >= 4 is 46.5 Å². The molecule has 0 bridgehead atoms. The second-order valence-corrected chi connectivity index (χ2v) is 8.02. The molecular weight excluding hydrogens is 607 g/mol. The topological polar surface area (TPSA) is 173 Å². The fourth-order valence-electron chi connectivity index (χ4n) is 2.78. The third kappa shape index (κ3) is 11.1. The number of ketones is 2. The third-order valence-corrected chi connectivity index (χ3v) is 4.98. The van der Waals surface area contributed by atoms with Crippen LogP contribution in [0.1, 0.15) is 39.2 Å². The van der Waals surface area contributed by atoms with Crippen molar-refractivity contribution in [3.05, 3.63) is 79.1 Å². The minimum atomic E-state index is -1.52. The quantitative estimate of drug-likeness (QED) is 0.0931. The smallest absolute Gasteiger partial charge is 0.340 e. The molecule has 0 aliphatic carbocycles. The lowest BCUT2D eigenvalue weighted by Gasteiger charge is -2.13. The van der Waals surface area contributed by atoms with Gasteiger partial charge in [0, 0.05) is 12.1 Å². The standard InChI is InChI=1S/C12H11F2NO5.C6H9ClO3.C6H2F3NO2/c1-3-20-12(17)10(6(2)16)7-4-8(13)11(15(18)19)9(14)5-7;1-3-10-6(9)5(7)4(2)8;7-3-1-4(8)6(10(11)12)5(9)2-3/h4-5,10H,3H2,1-2H3;5H,3H2,1-2H3;1-2H. The highest BCUT2D eigenvalue weighted by Crippen LogP contribution is 2.28. The lowest BCUT2D eigenvalue weighted by Crippen LogP contribution is -2.24. The molecule has 0 heterocycles. The molecule has 0 aliphatic heterocycles. The second-order valence-electron chi connectivity index (χ2n) is 7.59. The summed E-state index contributed by atoms with van der Waals surface area (Å²) >= 11 is 5.32. The van der Waals surface area contributed by atoms with E-state index >= 15 is 0 Å². The summed E-state index contributed by atoms with van der Waals surface area (Å²) in [6.45, 7) is 5.69. The molecule has 0 spiro atoms. The van der Waals surface area contributed by atoms with E-state index in [9.17, 15) is 61.4 Å². The average molecular weight is 629 g/mol. The van der Waals surface area contributed by atoms with Crippen LogP contribution >= 0.6 is 11.6 Å². The van der Waals surface area contributed by atoms with E-state index in [1.54, 1.807) is 6.92 Å². The Morgan fingerprint density at radius 1 is 0.738 bits per heavy atom. The summed E-state index contributed by atoms with van der Waals surface area (Å²) in [6.07, 6.45) is 0. The highest BCUT2D eigenvalue weighted by molar-refractivity contribution is 6.40. The molecule has 12 nitrogen and oxygen atoms in total. The van der Waals surface area contributed by atoms with E-state index in [-0.39, 0.29) is 36.7 Å². The Labute approximate surface area is 238 Å². The molecule has 0 fully saturated rings. The maximum absolute atomic E-state index is 13.5. The van der Waals surface area contributed by atoms with Gasteiger partial charge < -0.3 is 9.47 Å². The van der Waals surface area contributed by atoms with Crippen LogP contribution in [0.5, 0.6) is 0 Å². The number of halogens is 6. The Kier molecular flexibility index (Phi) is 15.4. The summed E-state index contributed by atoms with van der Waals surface area (Å²) in [4.78, 5) is 62.0. The van der Waals surface area contributed by atoms with Crippen LogP contribution in [0, 0.1) is 49.3 Å². The molecule has 2 aromatic rings. The average Bonchev–Trinajstić information content (AvgIpc) is 2.83. The minimum absolute atomic E-state index is 0.0133. The van der Waals surface area contributed by atoms with Gasteiger partial charge in [0.2, 0.25) is 23.3 Å². The van der Waals surface area contributed by atoms with E-state index in [0.717, 1.165) is 6.92 Å². The number of hydrogen-bond acceptors (Lipinski definition) is 10. The first kappa shape index (κ1) is 37.5. The number of benzene rings is 2. The maximum Gasteiger partial charge on any atom is 0.340 e. The first-order chi connectivity index (χ1) is 19.4. The molecule has 2 atom stereocenters. The lowest BCUT2D eigenvalue weighted by atomic mass is 9.95. The molecule has 18 heteroatoms. The van der Waals surface area contributed by atoms with Gasteiger partial charge in [-0.3, -0.25) is 34.6 Å². The highest BCUT2D eigenvalue weighted by Gasteiger charge is 2.31. The summed E-state index contributed by atoms with van der Waals surface area (Å²) in [6, 6.07) is 1.68. The number of nitro benzene ring substituents is 2. The predicted octanol–water partition coefficient (Wildman–Crippen LogP) is 4.87. The van der Waals surface area contributed by atoms with Gasteiger partial charge >= 0.3 is 23.3 Å². The summed E-state index contributed by atoms with van der Waals surface area (Å²) in [5, 5.41) is 19.3. The number of nitrogens with zero attached hydrogens (tertiary/aromatic N) is 2. The molecule has 0 radical (unpaired) electrons. The number of Topliss-reactive ketones (excluding diaryl/α,β-unsaturated/α-hetero) is 2. The molecule has 230 valence electrons. The Morgan fingerprint density at radius 2 is 1.10 bits per heavy atom. The fraction of sp³-hybridized carbons (Fsp3) is 0.333. The van der Waals surface area contributed by atoms with Crippen LogP contribution in [0.15, 0.2) is 24.3 Å². The highest BCUT2D eigenvalue weighted by atomic mass is 35.5. The predicted molar refractivity (Wildman–Crippen MR) is 133 cm³/mol. The number of nitro groups is 2. The van der Waals surface area contributed by atoms with E-state index in [4.69, 9.17) is 11.6 Å². The van der Waals surface area contributed by atoms with Gasteiger partial charge in [-0.05, 0) is 45.4 Å². The summed E-state index contributed by atoms with van der Waals surface area (Å²) < 4.78 is 73.1. The van der Waals surface area contributed by atoms with Gasteiger partial charge in [0.1, 0.15) is 17.5 Å². The molecule has 2 rings (SSSR count). The number of esters is 2. The van der Waals surface area contributed by atoms with Crippen LogP contribution in [0.3, 0.4) is 0 Å². The SMILES string of the molecule is CCOC(=O)C(C(C)=O)c1cc(F)c([N+](=O)[O-])c(F)c1.CCOC(=O)C(Cl)C(C)=O.O=[N+]([O-])c1c(F)cc(F)cc1F. The van der Waals surface area contributed by atoms with Crippen LogP contribution in [-0.4, -0.2) is 51.9 Å². The van der Waals surface area contributed by atoms with Gasteiger partial charge in [0.15, 0.2) is 11.2 Å². The molecule has 0 saturated heterocycles. The summed E-state index contributed by atoms with van der Waals surface area (Å²) in [7, 11) is 0. The van der Waals surface area contributed by atoms with Crippen LogP contribution in [-0.2, 0) is 28.7 Å². The number of rotatable bonds is 9. The van der Waals surface area contributed by atoms with Crippen molar-refractivity contribution in [1.29, 1.82) is 0 Å². The van der Waals surface area contributed by atoms with E-state index in [1.807, 2.05) is 0 Å². The molecule has 42 heavy (non-hydrogen) atoms. The van der Waals surface area contributed by atoms with E-state index in [0.29, 0.717) is 12.1 Å². The van der Waals surface area contributed by atoms with Crippen molar-refractivity contribution in [2.24, 2.45) is 0 Å². The van der Waals surface area contributed by atoms with Gasteiger partial charge in [0.25, 0.3) is 0 Å². The summed E-state index contributed by atoms with van der Waals surface area (Å²) in [5.74, 6) is -11.4.